The molecule has 0 aliphatic heterocycles. The highest BCUT2D eigenvalue weighted by atomic mass is 16.5. The topological polar surface area (TPSA) is 95.9 Å². The lowest BCUT2D eigenvalue weighted by atomic mass is 10.0. The van der Waals surface area contributed by atoms with Gasteiger partial charge in [0.2, 0.25) is 5.91 Å². The van der Waals surface area contributed by atoms with Crippen molar-refractivity contribution in [2.45, 2.75) is 270 Å². The molecule has 0 aromatic rings. The largest absolute Gasteiger partial charge is 0.466 e. The monoisotopic (exact) mass is 842 g/mol. The highest BCUT2D eigenvalue weighted by molar-refractivity contribution is 5.76. The number of esters is 1. The van der Waals surface area contributed by atoms with Crippen LogP contribution >= 0.6 is 0 Å². The van der Waals surface area contributed by atoms with Gasteiger partial charge in [-0.15, -0.1) is 0 Å². The van der Waals surface area contributed by atoms with E-state index in [4.69, 9.17) is 4.74 Å². The normalized spacial score (nSPS) is 13.1. The zero-order valence-corrected chi connectivity index (χ0v) is 39.7. The van der Waals surface area contributed by atoms with Crippen LogP contribution in [0.2, 0.25) is 0 Å². The summed E-state index contributed by atoms with van der Waals surface area (Å²) in [7, 11) is 0. The van der Waals surface area contributed by atoms with Crippen LogP contribution in [-0.4, -0.2) is 47.4 Å². The molecule has 3 N–H and O–H groups in total. The van der Waals surface area contributed by atoms with E-state index in [0.717, 1.165) is 77.0 Å². The van der Waals surface area contributed by atoms with Gasteiger partial charge < -0.3 is 20.3 Å². The van der Waals surface area contributed by atoms with Crippen molar-refractivity contribution in [1.82, 2.24) is 5.32 Å². The van der Waals surface area contributed by atoms with E-state index in [1.54, 1.807) is 6.08 Å². The molecule has 0 saturated heterocycles. The number of hydrogen-bond donors (Lipinski definition) is 3. The molecule has 0 bridgehead atoms. The van der Waals surface area contributed by atoms with Gasteiger partial charge in [0.05, 0.1) is 25.4 Å². The molecule has 0 rings (SSSR count). The molecule has 350 valence electrons. The lowest BCUT2D eigenvalue weighted by Crippen LogP contribution is -2.45. The molecule has 1 amide bonds. The van der Waals surface area contributed by atoms with Crippen LogP contribution in [0.3, 0.4) is 0 Å². The molecular weight excluding hydrogens is 743 g/mol. The summed E-state index contributed by atoms with van der Waals surface area (Å²) < 4.78 is 5.44. The first kappa shape index (κ1) is 57.8. The van der Waals surface area contributed by atoms with Gasteiger partial charge in [0, 0.05) is 12.8 Å². The maximum Gasteiger partial charge on any atom is 0.305 e. The number of carbonyl (C=O) groups excluding carboxylic acids is 2. The van der Waals surface area contributed by atoms with Crippen molar-refractivity contribution in [3.63, 3.8) is 0 Å². The summed E-state index contributed by atoms with van der Waals surface area (Å²) in [6.45, 7) is 4.81. The third-order valence-corrected chi connectivity index (χ3v) is 11.6. The summed E-state index contributed by atoms with van der Waals surface area (Å²) in [6, 6.07) is -0.634. The number of carbonyl (C=O) groups is 2. The number of aliphatic hydroxyl groups is 2. The zero-order chi connectivity index (χ0) is 43.7. The first-order valence-electron chi connectivity index (χ1n) is 25.9. The van der Waals surface area contributed by atoms with Crippen LogP contribution in [0.15, 0.2) is 48.6 Å². The molecule has 60 heavy (non-hydrogen) atoms. The molecule has 6 nitrogen and oxygen atoms in total. The second-order valence-electron chi connectivity index (χ2n) is 17.5. The fraction of sp³-hybridized carbons (Fsp3) is 0.815. The van der Waals surface area contributed by atoms with Crippen LogP contribution in [0.1, 0.15) is 258 Å². The molecule has 2 unspecified atom stereocenters. The van der Waals surface area contributed by atoms with Gasteiger partial charge in [-0.1, -0.05) is 204 Å². The minimum atomic E-state index is -0.849. The average molecular weight is 842 g/mol. The van der Waals surface area contributed by atoms with Crippen LogP contribution in [0.25, 0.3) is 0 Å². The first-order chi connectivity index (χ1) is 29.5. The molecule has 2 atom stereocenters. The summed E-state index contributed by atoms with van der Waals surface area (Å²) in [5.41, 5.74) is 0. The molecule has 0 radical (unpaired) electrons. The van der Waals surface area contributed by atoms with E-state index in [2.05, 4.69) is 55.6 Å². The van der Waals surface area contributed by atoms with Gasteiger partial charge in [-0.25, -0.2) is 0 Å². The fourth-order valence-electron chi connectivity index (χ4n) is 7.56. The predicted octanol–water partition coefficient (Wildman–Crippen LogP) is 15.5. The van der Waals surface area contributed by atoms with Crippen molar-refractivity contribution < 1.29 is 24.5 Å². The Labute approximate surface area is 372 Å². The number of aliphatic hydroxyl groups excluding tert-OH is 2. The standard InChI is InChI=1S/C54H99NO5/c1-3-5-7-9-11-13-14-15-21-25-28-32-36-40-44-48-54(59)60-49-45-41-37-33-29-26-23-20-18-16-17-19-22-24-27-31-35-39-43-47-53(58)55-51(50-56)52(57)46-42-38-34-30-12-10-8-6-4-2/h15,20-21,23,26,29,42,46,51-52,56-57H,3-14,16-19,22,24-25,27-28,30-41,43-45,47-50H2,1-2H3,(H,55,58)/b21-15-,23-20-,29-26-,46-42+. The van der Waals surface area contributed by atoms with Crippen molar-refractivity contribution >= 4 is 11.9 Å². The summed E-state index contributed by atoms with van der Waals surface area (Å²) in [5.74, 6) is -0.105. The minimum Gasteiger partial charge on any atom is -0.466 e. The van der Waals surface area contributed by atoms with Gasteiger partial charge in [-0.2, -0.15) is 0 Å². The highest BCUT2D eigenvalue weighted by Crippen LogP contribution is 2.14. The quantitative estimate of drug-likeness (QED) is 0.0245. The molecule has 0 aliphatic rings. The number of hydrogen-bond acceptors (Lipinski definition) is 5. The maximum atomic E-state index is 12.4. The molecule has 6 heteroatoms. The number of allylic oxidation sites excluding steroid dienone is 7. The number of rotatable bonds is 47. The number of nitrogens with one attached hydrogen (secondary N) is 1. The van der Waals surface area contributed by atoms with Gasteiger partial charge >= 0.3 is 5.97 Å². The lowest BCUT2D eigenvalue weighted by molar-refractivity contribution is -0.143. The molecule has 0 saturated carbocycles. The third-order valence-electron chi connectivity index (χ3n) is 11.6. The van der Waals surface area contributed by atoms with Crippen LogP contribution in [0.5, 0.6) is 0 Å². The Balaban J connectivity index is 3.49. The van der Waals surface area contributed by atoms with Gasteiger partial charge in [0.15, 0.2) is 0 Å². The smallest absolute Gasteiger partial charge is 0.305 e. The molecular formula is C54H99NO5. The van der Waals surface area contributed by atoms with Crippen LogP contribution in [-0.2, 0) is 14.3 Å². The van der Waals surface area contributed by atoms with E-state index in [0.29, 0.717) is 19.4 Å². The van der Waals surface area contributed by atoms with Crippen molar-refractivity contribution in [3.05, 3.63) is 48.6 Å². The molecule has 0 spiro atoms. The first-order valence-corrected chi connectivity index (χ1v) is 25.9. The van der Waals surface area contributed by atoms with E-state index in [1.165, 1.54) is 154 Å². The molecule has 0 aliphatic carbocycles. The van der Waals surface area contributed by atoms with Crippen molar-refractivity contribution in [2.75, 3.05) is 13.2 Å². The van der Waals surface area contributed by atoms with Gasteiger partial charge in [-0.05, 0) is 89.9 Å². The zero-order valence-electron chi connectivity index (χ0n) is 39.7. The Morgan fingerprint density at radius 1 is 0.467 bits per heavy atom. The highest BCUT2D eigenvalue weighted by Gasteiger charge is 2.18. The average Bonchev–Trinajstić information content (AvgIpc) is 3.25. The van der Waals surface area contributed by atoms with Crippen LogP contribution < -0.4 is 5.32 Å². The van der Waals surface area contributed by atoms with Crippen molar-refractivity contribution in [3.8, 4) is 0 Å². The summed E-state index contributed by atoms with van der Waals surface area (Å²) in [5, 5.41) is 22.9. The third kappa shape index (κ3) is 45.3. The van der Waals surface area contributed by atoms with Gasteiger partial charge in [-0.3, -0.25) is 9.59 Å². The van der Waals surface area contributed by atoms with E-state index in [1.807, 2.05) is 6.08 Å². The van der Waals surface area contributed by atoms with E-state index in [9.17, 15) is 19.8 Å². The minimum absolute atomic E-state index is 0.0232. The van der Waals surface area contributed by atoms with Crippen LogP contribution in [0.4, 0.5) is 0 Å². The molecule has 0 heterocycles. The summed E-state index contributed by atoms with van der Waals surface area (Å²) >= 11 is 0. The van der Waals surface area contributed by atoms with Crippen molar-refractivity contribution in [1.29, 1.82) is 0 Å². The molecule has 0 fully saturated rings. The Morgan fingerprint density at radius 2 is 0.833 bits per heavy atom. The predicted molar refractivity (Wildman–Crippen MR) is 259 cm³/mol. The number of ether oxygens (including phenoxy) is 1. The number of amides is 1. The SMILES string of the molecule is CCCCCCCC/C=C\CCCCCCCC(=O)OCCCCC/C=C\C=C/CCCCCCCCCCCCC(=O)NC(CO)C(O)/C=C/CCCCCCCCC. The van der Waals surface area contributed by atoms with E-state index >= 15 is 0 Å². The Hall–Kier alpha value is -2.18. The fourth-order valence-corrected chi connectivity index (χ4v) is 7.56. The Morgan fingerprint density at radius 3 is 1.28 bits per heavy atom. The van der Waals surface area contributed by atoms with Gasteiger partial charge in [0.1, 0.15) is 0 Å². The van der Waals surface area contributed by atoms with E-state index in [-0.39, 0.29) is 18.5 Å². The second-order valence-corrected chi connectivity index (χ2v) is 17.5. The maximum absolute atomic E-state index is 12.4. The lowest BCUT2D eigenvalue weighted by Gasteiger charge is -2.20. The summed E-state index contributed by atoms with van der Waals surface area (Å²) in [6.07, 6.45) is 61.2. The molecule has 0 aromatic heterocycles. The molecule has 0 aromatic carbocycles. The van der Waals surface area contributed by atoms with E-state index < -0.39 is 12.1 Å². The van der Waals surface area contributed by atoms with Crippen molar-refractivity contribution in [2.24, 2.45) is 0 Å². The number of unbranched alkanes of at least 4 members (excludes halogenated alkanes) is 31. The Kier molecular flexibility index (Phi) is 47.7. The second kappa shape index (κ2) is 49.5. The van der Waals surface area contributed by atoms with Gasteiger partial charge in [0.25, 0.3) is 0 Å². The summed E-state index contributed by atoms with van der Waals surface area (Å²) in [4.78, 5) is 24.4. The Bertz CT molecular complexity index is 1020. The van der Waals surface area contributed by atoms with Crippen LogP contribution in [0, 0.1) is 0 Å².